The van der Waals surface area contributed by atoms with Crippen molar-refractivity contribution in [1.82, 2.24) is 10.6 Å². The zero-order valence-electron chi connectivity index (χ0n) is 14.2. The van der Waals surface area contributed by atoms with E-state index in [4.69, 9.17) is 4.74 Å². The Balaban J connectivity index is 1.38. The quantitative estimate of drug-likeness (QED) is 0.795. The van der Waals surface area contributed by atoms with Gasteiger partial charge in [0, 0.05) is 6.42 Å². The highest BCUT2D eigenvalue weighted by Gasteiger charge is 2.19. The fourth-order valence-corrected chi connectivity index (χ4v) is 3.52. The van der Waals surface area contributed by atoms with Crippen LogP contribution in [0.25, 0.3) is 5.70 Å². The molecular weight excluding hydrogens is 332 g/mol. The molecule has 0 bridgehead atoms. The van der Waals surface area contributed by atoms with Gasteiger partial charge in [0.2, 0.25) is 5.91 Å². The zero-order valence-corrected chi connectivity index (χ0v) is 15.0. The first-order valence-electron chi connectivity index (χ1n) is 8.34. The second-order valence-corrected chi connectivity index (χ2v) is 6.81. The number of hydrogen-bond donors (Lipinski definition) is 2. The molecule has 25 heavy (non-hydrogen) atoms. The summed E-state index contributed by atoms with van der Waals surface area (Å²) in [7, 11) is 1.66. The van der Waals surface area contributed by atoms with Crippen LogP contribution in [0.3, 0.4) is 0 Å². The van der Waals surface area contributed by atoms with Crippen LogP contribution < -0.4 is 15.4 Å². The number of carbonyl (C=O) groups excluding carboxylic acids is 1. The molecule has 0 aromatic heterocycles. The SMILES string of the molecule is COc1ccc(CCCC(=O)N[C@@H]2NC(c3ccccc3)=CS2)cc1. The lowest BCUT2D eigenvalue weighted by Crippen LogP contribution is -2.39. The van der Waals surface area contributed by atoms with Crippen molar-refractivity contribution in [2.75, 3.05) is 7.11 Å². The average molecular weight is 354 g/mol. The van der Waals surface area contributed by atoms with Gasteiger partial charge in [-0.1, -0.05) is 54.2 Å². The lowest BCUT2D eigenvalue weighted by Gasteiger charge is -2.15. The topological polar surface area (TPSA) is 50.4 Å². The molecule has 1 atom stereocenters. The lowest BCUT2D eigenvalue weighted by atomic mass is 10.1. The summed E-state index contributed by atoms with van der Waals surface area (Å²) in [6.45, 7) is 0. The van der Waals surface area contributed by atoms with Crippen LogP contribution in [0.1, 0.15) is 24.0 Å². The van der Waals surface area contributed by atoms with Gasteiger partial charge >= 0.3 is 0 Å². The minimum atomic E-state index is -0.0938. The summed E-state index contributed by atoms with van der Waals surface area (Å²) in [5.41, 5.74) is 3.30. The molecule has 3 rings (SSSR count). The van der Waals surface area contributed by atoms with Crippen molar-refractivity contribution in [3.05, 3.63) is 71.1 Å². The van der Waals surface area contributed by atoms with Crippen molar-refractivity contribution < 1.29 is 9.53 Å². The maximum absolute atomic E-state index is 12.1. The van der Waals surface area contributed by atoms with Gasteiger partial charge in [-0.3, -0.25) is 4.79 Å². The molecule has 1 aliphatic heterocycles. The second-order valence-electron chi connectivity index (χ2n) is 5.83. The molecule has 0 saturated heterocycles. The van der Waals surface area contributed by atoms with E-state index in [9.17, 15) is 4.79 Å². The molecule has 0 radical (unpaired) electrons. The molecule has 4 nitrogen and oxygen atoms in total. The van der Waals surface area contributed by atoms with E-state index in [1.54, 1.807) is 18.9 Å². The summed E-state index contributed by atoms with van der Waals surface area (Å²) in [6, 6.07) is 18.1. The number of benzene rings is 2. The fraction of sp³-hybridized carbons (Fsp3) is 0.250. The zero-order chi connectivity index (χ0) is 17.5. The Morgan fingerprint density at radius 1 is 1.16 bits per heavy atom. The Labute approximate surface area is 152 Å². The second kappa shape index (κ2) is 8.62. The Morgan fingerprint density at radius 3 is 2.64 bits per heavy atom. The van der Waals surface area contributed by atoms with Crippen LogP contribution in [0.5, 0.6) is 5.75 Å². The van der Waals surface area contributed by atoms with E-state index in [-0.39, 0.29) is 11.4 Å². The molecule has 1 heterocycles. The number of ether oxygens (including phenoxy) is 1. The number of carbonyl (C=O) groups is 1. The van der Waals surface area contributed by atoms with Gasteiger partial charge in [-0.25, -0.2) is 0 Å². The summed E-state index contributed by atoms with van der Waals surface area (Å²) >= 11 is 1.59. The highest BCUT2D eigenvalue weighted by molar-refractivity contribution is 8.03. The third-order valence-corrected chi connectivity index (χ3v) is 4.89. The number of aryl methyl sites for hydroxylation is 1. The Morgan fingerprint density at radius 2 is 1.92 bits per heavy atom. The summed E-state index contributed by atoms with van der Waals surface area (Å²) in [6.07, 6.45) is 2.23. The van der Waals surface area contributed by atoms with E-state index >= 15 is 0 Å². The Bertz CT molecular complexity index is 729. The Hall–Kier alpha value is -2.40. The minimum absolute atomic E-state index is 0.0706. The van der Waals surface area contributed by atoms with Crippen molar-refractivity contribution >= 4 is 23.4 Å². The van der Waals surface area contributed by atoms with Crippen molar-refractivity contribution in [3.8, 4) is 5.75 Å². The number of thioether (sulfide) groups is 1. The normalized spacial score (nSPS) is 16.0. The van der Waals surface area contributed by atoms with Gasteiger partial charge in [-0.15, -0.1) is 0 Å². The first kappa shape index (κ1) is 17.4. The number of rotatable bonds is 7. The third kappa shape index (κ3) is 5.03. The molecule has 0 unspecified atom stereocenters. The number of hydrogen-bond acceptors (Lipinski definition) is 4. The molecule has 2 N–H and O–H groups in total. The molecule has 0 aliphatic carbocycles. The largest absolute Gasteiger partial charge is 0.497 e. The van der Waals surface area contributed by atoms with E-state index in [0.717, 1.165) is 29.9 Å². The molecule has 1 amide bonds. The number of nitrogens with one attached hydrogen (secondary N) is 2. The van der Waals surface area contributed by atoms with Crippen molar-refractivity contribution in [2.45, 2.75) is 24.8 Å². The molecule has 5 heteroatoms. The van der Waals surface area contributed by atoms with Crippen LogP contribution in [0.4, 0.5) is 0 Å². The first-order chi connectivity index (χ1) is 12.2. The van der Waals surface area contributed by atoms with Gasteiger partial charge < -0.3 is 15.4 Å². The molecular formula is C20H22N2O2S. The monoisotopic (exact) mass is 354 g/mol. The predicted molar refractivity (Wildman–Crippen MR) is 103 cm³/mol. The highest BCUT2D eigenvalue weighted by atomic mass is 32.2. The van der Waals surface area contributed by atoms with E-state index in [0.29, 0.717) is 6.42 Å². The van der Waals surface area contributed by atoms with Crippen molar-refractivity contribution in [2.24, 2.45) is 0 Å². The molecule has 130 valence electrons. The van der Waals surface area contributed by atoms with Gasteiger partial charge in [-0.05, 0) is 41.5 Å². The maximum atomic E-state index is 12.1. The van der Waals surface area contributed by atoms with Crippen molar-refractivity contribution in [3.63, 3.8) is 0 Å². The van der Waals surface area contributed by atoms with Gasteiger partial charge in [0.05, 0.1) is 12.8 Å². The molecule has 0 fully saturated rings. The number of methoxy groups -OCH3 is 1. The smallest absolute Gasteiger partial charge is 0.222 e. The molecule has 2 aromatic carbocycles. The molecule has 1 aliphatic rings. The molecule has 0 saturated carbocycles. The van der Waals surface area contributed by atoms with Crippen LogP contribution >= 0.6 is 11.8 Å². The lowest BCUT2D eigenvalue weighted by molar-refractivity contribution is -0.121. The van der Waals surface area contributed by atoms with Gasteiger partial charge in [0.1, 0.15) is 5.75 Å². The van der Waals surface area contributed by atoms with E-state index in [1.807, 2.05) is 42.5 Å². The van der Waals surface area contributed by atoms with E-state index in [1.165, 1.54) is 5.56 Å². The number of amides is 1. The summed E-state index contributed by atoms with van der Waals surface area (Å²) in [4.78, 5) is 12.1. The van der Waals surface area contributed by atoms with Crippen LogP contribution in [0, 0.1) is 0 Å². The van der Waals surface area contributed by atoms with Crippen LogP contribution in [-0.4, -0.2) is 18.5 Å². The highest BCUT2D eigenvalue weighted by Crippen LogP contribution is 2.25. The standard InChI is InChI=1S/C20H22N2O2S/c1-24-17-12-10-15(11-13-17)6-5-9-19(23)22-20-21-18(14-25-20)16-7-3-2-4-8-16/h2-4,7-8,10-14,20-21H,5-6,9H2,1H3,(H,22,23)/t20-/m0/s1. The van der Waals surface area contributed by atoms with Gasteiger partial charge in [-0.2, -0.15) is 0 Å². The van der Waals surface area contributed by atoms with E-state index in [2.05, 4.69) is 28.2 Å². The fourth-order valence-electron chi connectivity index (χ4n) is 2.65. The first-order valence-corrected chi connectivity index (χ1v) is 9.29. The minimum Gasteiger partial charge on any atom is -0.497 e. The average Bonchev–Trinajstić information content (AvgIpc) is 3.11. The van der Waals surface area contributed by atoms with Gasteiger partial charge in [0.15, 0.2) is 5.50 Å². The predicted octanol–water partition coefficient (Wildman–Crippen LogP) is 3.75. The van der Waals surface area contributed by atoms with E-state index < -0.39 is 0 Å². The van der Waals surface area contributed by atoms with Gasteiger partial charge in [0.25, 0.3) is 0 Å². The van der Waals surface area contributed by atoms with Crippen molar-refractivity contribution in [1.29, 1.82) is 0 Å². The third-order valence-electron chi connectivity index (χ3n) is 4.01. The van der Waals surface area contributed by atoms with Crippen LogP contribution in [0.15, 0.2) is 60.0 Å². The summed E-state index contributed by atoms with van der Waals surface area (Å²) < 4.78 is 5.15. The molecule has 2 aromatic rings. The summed E-state index contributed by atoms with van der Waals surface area (Å²) in [5.74, 6) is 0.925. The Kier molecular flexibility index (Phi) is 6.01. The van der Waals surface area contributed by atoms with Crippen LogP contribution in [-0.2, 0) is 11.2 Å². The molecule has 0 spiro atoms. The van der Waals surface area contributed by atoms with Crippen LogP contribution in [0.2, 0.25) is 0 Å². The summed E-state index contributed by atoms with van der Waals surface area (Å²) in [5, 5.41) is 8.41. The maximum Gasteiger partial charge on any atom is 0.222 e.